The van der Waals surface area contributed by atoms with Gasteiger partial charge in [-0.1, -0.05) is 41.0 Å². The molecule has 2 aromatic carbocycles. The van der Waals surface area contributed by atoms with Crippen molar-refractivity contribution >= 4 is 46.3 Å². The average molecular weight is 329 g/mol. The second kappa shape index (κ2) is 6.35. The second-order valence-corrected chi connectivity index (χ2v) is 5.77. The monoisotopic (exact) mass is 328 g/mol. The van der Waals surface area contributed by atoms with Crippen LogP contribution in [0.15, 0.2) is 46.2 Å². The van der Waals surface area contributed by atoms with Crippen molar-refractivity contribution in [2.45, 2.75) is 9.79 Å². The highest BCUT2D eigenvalue weighted by molar-refractivity contribution is 7.99. The summed E-state index contributed by atoms with van der Waals surface area (Å²) in [6, 6.07) is 10.3. The van der Waals surface area contributed by atoms with Gasteiger partial charge in [-0.2, -0.15) is 0 Å². The number of rotatable bonds is 4. The number of nitro groups is 1. The molecule has 7 heteroatoms. The van der Waals surface area contributed by atoms with Gasteiger partial charge >= 0.3 is 5.69 Å². The minimum Gasteiger partial charge on any atom is -0.383 e. The molecule has 0 aliphatic carbocycles. The van der Waals surface area contributed by atoms with E-state index in [4.69, 9.17) is 23.2 Å². The summed E-state index contributed by atoms with van der Waals surface area (Å²) in [7, 11) is 1.65. The molecule has 2 aromatic rings. The van der Waals surface area contributed by atoms with E-state index >= 15 is 0 Å². The Hall–Kier alpha value is -1.43. The topological polar surface area (TPSA) is 55.2 Å². The van der Waals surface area contributed by atoms with Gasteiger partial charge in [0.25, 0.3) is 0 Å². The van der Waals surface area contributed by atoms with Crippen LogP contribution in [-0.2, 0) is 0 Å². The first kappa shape index (κ1) is 15.0. The van der Waals surface area contributed by atoms with Crippen molar-refractivity contribution in [3.8, 4) is 0 Å². The van der Waals surface area contributed by atoms with E-state index in [0.717, 1.165) is 4.90 Å². The lowest BCUT2D eigenvalue weighted by atomic mass is 10.2. The zero-order valence-electron chi connectivity index (χ0n) is 10.4. The summed E-state index contributed by atoms with van der Waals surface area (Å²) in [6.07, 6.45) is 0. The summed E-state index contributed by atoms with van der Waals surface area (Å²) in [6.45, 7) is 0. The Kier molecular flexibility index (Phi) is 4.75. The molecule has 20 heavy (non-hydrogen) atoms. The summed E-state index contributed by atoms with van der Waals surface area (Å²) in [5.41, 5.74) is 0.520. The van der Waals surface area contributed by atoms with Crippen molar-refractivity contribution in [2.75, 3.05) is 12.4 Å². The predicted molar refractivity (Wildman–Crippen MR) is 83.2 cm³/mol. The number of nitrogens with zero attached hydrogens (tertiary/aromatic N) is 1. The van der Waals surface area contributed by atoms with E-state index in [1.807, 2.05) is 0 Å². The van der Waals surface area contributed by atoms with E-state index in [1.54, 1.807) is 43.4 Å². The van der Waals surface area contributed by atoms with Crippen LogP contribution in [-0.4, -0.2) is 12.0 Å². The Labute approximate surface area is 130 Å². The van der Waals surface area contributed by atoms with Crippen LogP contribution in [0.25, 0.3) is 0 Å². The molecule has 0 amide bonds. The lowest BCUT2D eigenvalue weighted by molar-refractivity contribution is -0.386. The predicted octanol–water partition coefficient (Wildman–Crippen LogP) is 5.09. The Balaban J connectivity index is 2.42. The Bertz CT molecular complexity index is 665. The Morgan fingerprint density at radius 1 is 1.20 bits per heavy atom. The Morgan fingerprint density at radius 2 is 1.95 bits per heavy atom. The SMILES string of the molecule is CNc1cccc(Sc2ccc(Cl)c(Cl)c2)c1[N+](=O)[O-]. The van der Waals surface area contributed by atoms with Gasteiger partial charge in [-0.3, -0.25) is 10.1 Å². The molecule has 1 N–H and O–H groups in total. The molecule has 4 nitrogen and oxygen atoms in total. The summed E-state index contributed by atoms with van der Waals surface area (Å²) in [5.74, 6) is 0. The first-order chi connectivity index (χ1) is 9.52. The molecule has 0 spiro atoms. The van der Waals surface area contributed by atoms with Crippen molar-refractivity contribution in [2.24, 2.45) is 0 Å². The maximum atomic E-state index is 11.2. The third-order valence-electron chi connectivity index (χ3n) is 2.57. The van der Waals surface area contributed by atoms with Crippen molar-refractivity contribution < 1.29 is 4.92 Å². The second-order valence-electron chi connectivity index (χ2n) is 3.84. The third kappa shape index (κ3) is 3.17. The number of halogens is 2. The lowest BCUT2D eigenvalue weighted by Gasteiger charge is -2.07. The fraction of sp³-hybridized carbons (Fsp3) is 0.0769. The summed E-state index contributed by atoms with van der Waals surface area (Å²) in [5, 5.41) is 14.9. The maximum absolute atomic E-state index is 11.2. The van der Waals surface area contributed by atoms with Gasteiger partial charge in [0.2, 0.25) is 0 Å². The van der Waals surface area contributed by atoms with Crippen LogP contribution < -0.4 is 5.32 Å². The van der Waals surface area contributed by atoms with Crippen LogP contribution in [0.5, 0.6) is 0 Å². The van der Waals surface area contributed by atoms with E-state index in [1.165, 1.54) is 11.8 Å². The fourth-order valence-corrected chi connectivity index (χ4v) is 3.02. The number of nitrogens with one attached hydrogen (secondary N) is 1. The van der Waals surface area contributed by atoms with Gasteiger partial charge in [-0.25, -0.2) is 0 Å². The van der Waals surface area contributed by atoms with Crippen molar-refractivity contribution in [3.63, 3.8) is 0 Å². The van der Waals surface area contributed by atoms with E-state index in [-0.39, 0.29) is 5.69 Å². The minimum atomic E-state index is -0.397. The summed E-state index contributed by atoms with van der Waals surface area (Å²) < 4.78 is 0. The molecule has 0 bridgehead atoms. The highest BCUT2D eigenvalue weighted by atomic mass is 35.5. The summed E-state index contributed by atoms with van der Waals surface area (Å²) >= 11 is 13.1. The minimum absolute atomic E-state index is 0.0473. The quantitative estimate of drug-likeness (QED) is 0.627. The molecule has 0 atom stereocenters. The van der Waals surface area contributed by atoms with E-state index in [2.05, 4.69) is 5.32 Å². The number of nitro benzene ring substituents is 1. The molecule has 0 fully saturated rings. The molecule has 0 heterocycles. The van der Waals surface area contributed by atoms with Crippen LogP contribution in [0.3, 0.4) is 0 Å². The van der Waals surface area contributed by atoms with Crippen LogP contribution in [0, 0.1) is 10.1 Å². The van der Waals surface area contributed by atoms with Crippen molar-refractivity contribution in [3.05, 3.63) is 56.6 Å². The van der Waals surface area contributed by atoms with E-state index in [0.29, 0.717) is 20.6 Å². The van der Waals surface area contributed by atoms with Gasteiger partial charge in [0, 0.05) is 11.9 Å². The highest BCUT2D eigenvalue weighted by Gasteiger charge is 2.19. The number of hydrogen-bond donors (Lipinski definition) is 1. The van der Waals surface area contributed by atoms with E-state index < -0.39 is 4.92 Å². The molecule has 0 aromatic heterocycles. The van der Waals surface area contributed by atoms with Gasteiger partial charge in [0.05, 0.1) is 19.9 Å². The average Bonchev–Trinajstić information content (AvgIpc) is 2.42. The van der Waals surface area contributed by atoms with Crippen LogP contribution in [0.4, 0.5) is 11.4 Å². The largest absolute Gasteiger partial charge is 0.383 e. The van der Waals surface area contributed by atoms with E-state index in [9.17, 15) is 10.1 Å². The van der Waals surface area contributed by atoms with Crippen LogP contribution in [0.1, 0.15) is 0 Å². The fourth-order valence-electron chi connectivity index (χ4n) is 1.66. The highest BCUT2D eigenvalue weighted by Crippen LogP contribution is 2.40. The lowest BCUT2D eigenvalue weighted by Crippen LogP contribution is -1.98. The van der Waals surface area contributed by atoms with Crippen molar-refractivity contribution in [1.82, 2.24) is 0 Å². The smallest absolute Gasteiger partial charge is 0.306 e. The molecule has 0 unspecified atom stereocenters. The number of benzene rings is 2. The van der Waals surface area contributed by atoms with Gasteiger partial charge in [0.15, 0.2) is 0 Å². The Morgan fingerprint density at radius 3 is 2.55 bits per heavy atom. The van der Waals surface area contributed by atoms with Gasteiger partial charge in [-0.15, -0.1) is 0 Å². The molecule has 0 saturated heterocycles. The maximum Gasteiger partial charge on any atom is 0.306 e. The van der Waals surface area contributed by atoms with Gasteiger partial charge < -0.3 is 5.32 Å². The standard InChI is InChI=1S/C13H10Cl2N2O2S/c1-16-11-3-2-4-12(13(11)17(18)19)20-8-5-6-9(14)10(15)7-8/h2-7,16H,1H3. The molecule has 0 aliphatic rings. The zero-order valence-corrected chi connectivity index (χ0v) is 12.7. The normalized spacial score (nSPS) is 10.3. The molecule has 0 aliphatic heterocycles. The molecule has 104 valence electrons. The number of hydrogen-bond acceptors (Lipinski definition) is 4. The molecule has 2 rings (SSSR count). The number of para-hydroxylation sites is 1. The van der Waals surface area contributed by atoms with Crippen LogP contribution in [0.2, 0.25) is 10.0 Å². The molecular formula is C13H10Cl2N2O2S. The first-order valence-electron chi connectivity index (χ1n) is 5.61. The zero-order chi connectivity index (χ0) is 14.7. The molecule has 0 saturated carbocycles. The molecular weight excluding hydrogens is 319 g/mol. The van der Waals surface area contributed by atoms with Crippen LogP contribution >= 0.6 is 35.0 Å². The first-order valence-corrected chi connectivity index (χ1v) is 7.18. The third-order valence-corrected chi connectivity index (χ3v) is 4.35. The summed E-state index contributed by atoms with van der Waals surface area (Å²) in [4.78, 5) is 12.2. The van der Waals surface area contributed by atoms with Gasteiger partial charge in [-0.05, 0) is 30.3 Å². The number of anilines is 1. The van der Waals surface area contributed by atoms with Crippen molar-refractivity contribution in [1.29, 1.82) is 0 Å². The molecule has 0 radical (unpaired) electrons. The van der Waals surface area contributed by atoms with Gasteiger partial charge in [0.1, 0.15) is 5.69 Å².